The van der Waals surface area contributed by atoms with E-state index >= 15 is 0 Å². The molecule has 0 aromatic carbocycles. The van der Waals surface area contributed by atoms with Crippen LogP contribution in [0.3, 0.4) is 0 Å². The fourth-order valence-electron chi connectivity index (χ4n) is 3.06. The van der Waals surface area contributed by atoms with Gasteiger partial charge in [-0.1, -0.05) is 12.8 Å². The minimum absolute atomic E-state index is 0.162. The molecule has 1 aliphatic rings. The first-order chi connectivity index (χ1) is 11.9. The third-order valence-corrected chi connectivity index (χ3v) is 4.44. The molecule has 0 spiro atoms. The third kappa shape index (κ3) is 3.93. The lowest BCUT2D eigenvalue weighted by atomic mass is 10.1. The maximum Gasteiger partial charge on any atom is 0.433 e. The van der Waals surface area contributed by atoms with Gasteiger partial charge in [-0.3, -0.25) is 4.68 Å². The Morgan fingerprint density at radius 3 is 2.32 bits per heavy atom. The van der Waals surface area contributed by atoms with Crippen LogP contribution >= 0.6 is 0 Å². The number of aryl methyl sites for hydroxylation is 2. The quantitative estimate of drug-likeness (QED) is 0.835. The molecule has 3 heterocycles. The van der Waals surface area contributed by atoms with E-state index in [1.165, 1.54) is 0 Å². The van der Waals surface area contributed by atoms with Gasteiger partial charge in [-0.2, -0.15) is 18.3 Å². The second-order valence-corrected chi connectivity index (χ2v) is 6.32. The monoisotopic (exact) mass is 353 g/mol. The molecule has 8 heteroatoms. The summed E-state index contributed by atoms with van der Waals surface area (Å²) < 4.78 is 41.8. The first-order valence-corrected chi connectivity index (χ1v) is 8.64. The summed E-state index contributed by atoms with van der Waals surface area (Å²) in [7, 11) is 0. The molecule has 0 saturated carbocycles. The lowest BCUT2D eigenvalue weighted by Gasteiger charge is -2.21. The highest BCUT2D eigenvalue weighted by Gasteiger charge is 2.34. The predicted molar refractivity (Wildman–Crippen MR) is 89.3 cm³/mol. The second-order valence-electron chi connectivity index (χ2n) is 6.32. The van der Waals surface area contributed by atoms with Gasteiger partial charge in [-0.15, -0.1) is 0 Å². The van der Waals surface area contributed by atoms with Gasteiger partial charge in [0.15, 0.2) is 5.69 Å². The summed E-state index contributed by atoms with van der Waals surface area (Å²) in [6.07, 6.45) is 1.30. The molecule has 0 atom stereocenters. The van der Waals surface area contributed by atoms with Crippen molar-refractivity contribution >= 4 is 5.95 Å². The van der Waals surface area contributed by atoms with Gasteiger partial charge in [-0.05, 0) is 32.8 Å². The van der Waals surface area contributed by atoms with Crippen LogP contribution in [0.1, 0.15) is 44.0 Å². The minimum Gasteiger partial charge on any atom is -0.341 e. The lowest BCUT2D eigenvalue weighted by Crippen LogP contribution is -2.27. The highest BCUT2D eigenvalue weighted by atomic mass is 19.4. The number of rotatable bonds is 3. The van der Waals surface area contributed by atoms with Crippen molar-refractivity contribution in [2.24, 2.45) is 0 Å². The van der Waals surface area contributed by atoms with Crippen LogP contribution in [0.4, 0.5) is 19.1 Å². The van der Waals surface area contributed by atoms with Crippen molar-refractivity contribution in [2.75, 3.05) is 18.0 Å². The molecule has 2 aromatic heterocycles. The van der Waals surface area contributed by atoms with Gasteiger partial charge in [0.05, 0.1) is 11.4 Å². The standard InChI is InChI=1S/C17H22F3N5/c1-3-25-11-13(12(2)23-25)14-10-15(17(18,19)20)22-16(21-14)24-8-6-4-5-7-9-24/h10-11H,3-9H2,1-2H3. The van der Waals surface area contributed by atoms with Crippen LogP contribution in [0.15, 0.2) is 12.3 Å². The summed E-state index contributed by atoms with van der Waals surface area (Å²) in [5, 5.41) is 4.32. The number of aromatic nitrogens is 4. The summed E-state index contributed by atoms with van der Waals surface area (Å²) in [5.74, 6) is 0.162. The Morgan fingerprint density at radius 2 is 1.76 bits per heavy atom. The topological polar surface area (TPSA) is 46.8 Å². The maximum atomic E-state index is 13.4. The molecule has 1 fully saturated rings. The average molecular weight is 353 g/mol. The smallest absolute Gasteiger partial charge is 0.341 e. The van der Waals surface area contributed by atoms with Crippen LogP contribution in [0, 0.1) is 6.92 Å². The van der Waals surface area contributed by atoms with Crippen LogP contribution < -0.4 is 4.90 Å². The van der Waals surface area contributed by atoms with Crippen LogP contribution in [-0.4, -0.2) is 32.8 Å². The van der Waals surface area contributed by atoms with Gasteiger partial charge in [0.2, 0.25) is 5.95 Å². The van der Waals surface area contributed by atoms with E-state index in [1.807, 2.05) is 11.8 Å². The molecule has 3 rings (SSSR count). The molecule has 0 radical (unpaired) electrons. The Labute approximate surface area is 144 Å². The van der Waals surface area contributed by atoms with Crippen molar-refractivity contribution in [3.05, 3.63) is 23.7 Å². The van der Waals surface area contributed by atoms with Crippen molar-refractivity contribution < 1.29 is 13.2 Å². The van der Waals surface area contributed by atoms with Gasteiger partial charge >= 0.3 is 6.18 Å². The first-order valence-electron chi connectivity index (χ1n) is 8.64. The van der Waals surface area contributed by atoms with Crippen molar-refractivity contribution in [1.29, 1.82) is 0 Å². The van der Waals surface area contributed by atoms with Crippen LogP contribution in [-0.2, 0) is 12.7 Å². The van der Waals surface area contributed by atoms with Crippen LogP contribution in [0.2, 0.25) is 0 Å². The Morgan fingerprint density at radius 1 is 1.08 bits per heavy atom. The Balaban J connectivity index is 2.07. The molecule has 2 aromatic rings. The highest BCUT2D eigenvalue weighted by molar-refractivity contribution is 5.63. The van der Waals surface area contributed by atoms with Crippen LogP contribution in [0.25, 0.3) is 11.3 Å². The molecular weight excluding hydrogens is 331 g/mol. The SMILES string of the molecule is CCn1cc(-c2cc(C(F)(F)F)nc(N3CCCCCC3)n2)c(C)n1. The molecule has 0 amide bonds. The lowest BCUT2D eigenvalue weighted by molar-refractivity contribution is -0.141. The van der Waals surface area contributed by atoms with E-state index in [1.54, 1.807) is 17.8 Å². The van der Waals surface area contributed by atoms with E-state index in [2.05, 4.69) is 15.1 Å². The summed E-state index contributed by atoms with van der Waals surface area (Å²) in [5.41, 5.74) is 0.653. The molecule has 0 unspecified atom stereocenters. The Hall–Kier alpha value is -2.12. The maximum absolute atomic E-state index is 13.4. The number of hydrogen-bond donors (Lipinski definition) is 0. The molecule has 1 aliphatic heterocycles. The number of hydrogen-bond acceptors (Lipinski definition) is 4. The van der Waals surface area contributed by atoms with Crippen molar-refractivity contribution in [2.45, 2.75) is 52.3 Å². The molecule has 5 nitrogen and oxygen atoms in total. The molecule has 1 saturated heterocycles. The number of alkyl halides is 3. The summed E-state index contributed by atoms with van der Waals surface area (Å²) in [6.45, 7) is 5.74. The minimum atomic E-state index is -4.51. The number of nitrogens with zero attached hydrogens (tertiary/aromatic N) is 5. The van der Waals surface area contributed by atoms with Crippen molar-refractivity contribution in [1.82, 2.24) is 19.7 Å². The number of halogens is 3. The predicted octanol–water partition coefficient (Wildman–Crippen LogP) is 4.07. The summed E-state index contributed by atoms with van der Waals surface area (Å²) in [4.78, 5) is 10.1. The van der Waals surface area contributed by atoms with Crippen LogP contribution in [0.5, 0.6) is 0 Å². The summed E-state index contributed by atoms with van der Waals surface area (Å²) in [6, 6.07) is 1.02. The molecule has 25 heavy (non-hydrogen) atoms. The van der Waals surface area contributed by atoms with E-state index in [-0.39, 0.29) is 11.6 Å². The molecular formula is C17H22F3N5. The largest absolute Gasteiger partial charge is 0.433 e. The Kier molecular flexibility index (Phi) is 4.96. The zero-order valence-electron chi connectivity index (χ0n) is 14.5. The number of anilines is 1. The van der Waals surface area contributed by atoms with E-state index in [4.69, 9.17) is 0 Å². The van der Waals surface area contributed by atoms with Crippen molar-refractivity contribution in [3.63, 3.8) is 0 Å². The van der Waals surface area contributed by atoms with E-state index in [9.17, 15) is 13.2 Å². The van der Waals surface area contributed by atoms with Gasteiger partial charge in [0.25, 0.3) is 0 Å². The normalized spacial score (nSPS) is 16.1. The second kappa shape index (κ2) is 7.01. The van der Waals surface area contributed by atoms with E-state index in [0.717, 1.165) is 31.7 Å². The van der Waals surface area contributed by atoms with Gasteiger partial charge in [-0.25, -0.2) is 9.97 Å². The summed E-state index contributed by atoms with van der Waals surface area (Å²) >= 11 is 0. The van der Waals surface area contributed by atoms with Gasteiger partial charge in [0.1, 0.15) is 0 Å². The van der Waals surface area contributed by atoms with Gasteiger partial charge in [0, 0.05) is 31.4 Å². The third-order valence-electron chi connectivity index (χ3n) is 4.44. The molecule has 0 bridgehead atoms. The zero-order valence-corrected chi connectivity index (χ0v) is 14.5. The Bertz CT molecular complexity index is 730. The zero-order chi connectivity index (χ0) is 18.0. The molecule has 0 N–H and O–H groups in total. The fraction of sp³-hybridized carbons (Fsp3) is 0.588. The van der Waals surface area contributed by atoms with E-state index < -0.39 is 11.9 Å². The molecule has 136 valence electrons. The fourth-order valence-corrected chi connectivity index (χ4v) is 3.06. The molecule has 0 aliphatic carbocycles. The first kappa shape index (κ1) is 17.7. The van der Waals surface area contributed by atoms with Crippen molar-refractivity contribution in [3.8, 4) is 11.3 Å². The van der Waals surface area contributed by atoms with Gasteiger partial charge < -0.3 is 4.90 Å². The van der Waals surface area contributed by atoms with E-state index in [0.29, 0.717) is 30.9 Å². The average Bonchev–Trinajstić information content (AvgIpc) is 2.78. The highest BCUT2D eigenvalue weighted by Crippen LogP contribution is 2.33.